The Kier molecular flexibility index (Phi) is 4.91. The van der Waals surface area contributed by atoms with E-state index in [1.807, 2.05) is 0 Å². The zero-order valence-corrected chi connectivity index (χ0v) is 13.7. The second-order valence-electron chi connectivity index (χ2n) is 4.71. The first-order valence-electron chi connectivity index (χ1n) is 6.81. The lowest BCUT2D eigenvalue weighted by molar-refractivity contribution is 0.251. The van der Waals surface area contributed by atoms with Crippen molar-refractivity contribution in [2.24, 2.45) is 5.10 Å². The highest BCUT2D eigenvalue weighted by Gasteiger charge is 2.07. The average molecular weight is 367 g/mol. The second-order valence-corrected chi connectivity index (χ2v) is 6.08. The third-order valence-electron chi connectivity index (χ3n) is 3.12. The van der Waals surface area contributed by atoms with Gasteiger partial charge in [-0.3, -0.25) is 4.79 Å². The Bertz CT molecular complexity index is 1010. The molecule has 0 radical (unpaired) electrons. The van der Waals surface area contributed by atoms with Crippen molar-refractivity contribution in [2.75, 3.05) is 0 Å². The molecule has 0 saturated carbocycles. The molecular formula is C15H11F2N3O2S2. The molecule has 0 aliphatic rings. The Balaban J connectivity index is 1.88. The first kappa shape index (κ1) is 16.6. The standard InChI is InChI=1S/C15H11F2N3O2S2/c16-14(17)24-8-10-6-5-9(22-10)7-18-20-13(21)11-3-1-2-4-12(11)19-15(20)23/h1-7,14H,8H2,(H,19,23)/b18-7-. The number of benzene rings is 1. The summed E-state index contributed by atoms with van der Waals surface area (Å²) in [5, 5.41) is 4.48. The molecule has 0 bridgehead atoms. The van der Waals surface area contributed by atoms with Gasteiger partial charge in [0.15, 0.2) is 0 Å². The van der Waals surface area contributed by atoms with Gasteiger partial charge in [-0.1, -0.05) is 23.9 Å². The van der Waals surface area contributed by atoms with Gasteiger partial charge in [-0.2, -0.15) is 18.6 Å². The van der Waals surface area contributed by atoms with E-state index >= 15 is 0 Å². The van der Waals surface area contributed by atoms with Crippen LogP contribution in [-0.4, -0.2) is 21.6 Å². The highest BCUT2D eigenvalue weighted by Crippen LogP contribution is 2.20. The molecule has 0 aliphatic carbocycles. The van der Waals surface area contributed by atoms with E-state index < -0.39 is 5.76 Å². The summed E-state index contributed by atoms with van der Waals surface area (Å²) in [7, 11) is 0. The summed E-state index contributed by atoms with van der Waals surface area (Å²) < 4.78 is 30.9. The van der Waals surface area contributed by atoms with Crippen LogP contribution in [0.2, 0.25) is 0 Å². The highest BCUT2D eigenvalue weighted by atomic mass is 32.2. The molecule has 0 saturated heterocycles. The van der Waals surface area contributed by atoms with E-state index in [0.29, 0.717) is 34.2 Å². The van der Waals surface area contributed by atoms with E-state index in [9.17, 15) is 13.6 Å². The number of nitrogens with zero attached hydrogens (tertiary/aromatic N) is 2. The van der Waals surface area contributed by atoms with E-state index in [4.69, 9.17) is 16.6 Å². The molecule has 124 valence electrons. The second kappa shape index (κ2) is 7.10. The Morgan fingerprint density at radius 1 is 1.33 bits per heavy atom. The van der Waals surface area contributed by atoms with Gasteiger partial charge >= 0.3 is 0 Å². The molecule has 2 heterocycles. The maximum atomic E-state index is 12.4. The number of aromatic nitrogens is 2. The maximum absolute atomic E-state index is 12.4. The maximum Gasteiger partial charge on any atom is 0.284 e. The summed E-state index contributed by atoms with van der Waals surface area (Å²) >= 11 is 5.60. The van der Waals surface area contributed by atoms with Gasteiger partial charge in [-0.25, -0.2) is 0 Å². The quantitative estimate of drug-likeness (QED) is 0.547. The number of alkyl halides is 2. The first-order chi connectivity index (χ1) is 11.5. The van der Waals surface area contributed by atoms with Gasteiger partial charge in [0.05, 0.1) is 22.9 Å². The lowest BCUT2D eigenvalue weighted by Crippen LogP contribution is -2.18. The molecule has 0 atom stereocenters. The lowest BCUT2D eigenvalue weighted by Gasteiger charge is -2.01. The third-order valence-corrected chi connectivity index (χ3v) is 4.10. The summed E-state index contributed by atoms with van der Waals surface area (Å²) in [5.41, 5.74) is 0.272. The normalized spacial score (nSPS) is 11.8. The van der Waals surface area contributed by atoms with Gasteiger partial charge in [0.2, 0.25) is 4.77 Å². The van der Waals surface area contributed by atoms with Crippen LogP contribution in [0, 0.1) is 4.77 Å². The molecule has 1 N–H and O–H groups in total. The van der Waals surface area contributed by atoms with Crippen molar-refractivity contribution in [3.63, 3.8) is 0 Å². The molecule has 0 spiro atoms. The molecule has 3 aromatic rings. The monoisotopic (exact) mass is 367 g/mol. The van der Waals surface area contributed by atoms with Crippen molar-refractivity contribution in [3.05, 3.63) is 63.0 Å². The van der Waals surface area contributed by atoms with E-state index in [1.54, 1.807) is 36.4 Å². The number of fused-ring (bicyclic) bond motifs is 1. The molecule has 2 aromatic heterocycles. The van der Waals surface area contributed by atoms with Crippen molar-refractivity contribution in [2.45, 2.75) is 11.5 Å². The number of halogens is 2. The minimum Gasteiger partial charge on any atom is -0.459 e. The number of hydrogen-bond acceptors (Lipinski definition) is 5. The fraction of sp³-hybridized carbons (Fsp3) is 0.133. The predicted molar refractivity (Wildman–Crippen MR) is 92.4 cm³/mol. The Labute approximate surface area is 144 Å². The smallest absolute Gasteiger partial charge is 0.284 e. The van der Waals surface area contributed by atoms with Crippen LogP contribution in [0.3, 0.4) is 0 Å². The van der Waals surface area contributed by atoms with E-state index in [2.05, 4.69) is 10.1 Å². The van der Waals surface area contributed by atoms with Crippen molar-refractivity contribution < 1.29 is 13.2 Å². The van der Waals surface area contributed by atoms with E-state index in [0.717, 1.165) is 4.68 Å². The molecule has 0 unspecified atom stereocenters. The van der Waals surface area contributed by atoms with Crippen molar-refractivity contribution in [1.82, 2.24) is 9.66 Å². The van der Waals surface area contributed by atoms with Crippen LogP contribution < -0.4 is 5.56 Å². The van der Waals surface area contributed by atoms with Crippen molar-refractivity contribution >= 4 is 41.1 Å². The van der Waals surface area contributed by atoms with Crippen LogP contribution in [0.1, 0.15) is 11.5 Å². The molecular weight excluding hydrogens is 356 g/mol. The van der Waals surface area contributed by atoms with Gasteiger partial charge in [-0.15, -0.1) is 0 Å². The van der Waals surface area contributed by atoms with Crippen LogP contribution in [0.25, 0.3) is 10.9 Å². The van der Waals surface area contributed by atoms with Gasteiger partial charge < -0.3 is 9.40 Å². The zero-order chi connectivity index (χ0) is 17.1. The molecule has 0 amide bonds. The van der Waals surface area contributed by atoms with Crippen LogP contribution in [-0.2, 0) is 5.75 Å². The number of aromatic amines is 1. The SMILES string of the molecule is O=c1c2ccccc2[nH]c(=S)n1/N=C\c1ccc(CSC(F)F)o1. The van der Waals surface area contributed by atoms with Crippen molar-refractivity contribution in [3.8, 4) is 0 Å². The number of H-pyrrole nitrogens is 1. The van der Waals surface area contributed by atoms with Gasteiger partial charge in [0.25, 0.3) is 11.3 Å². The number of rotatable bonds is 5. The summed E-state index contributed by atoms with van der Waals surface area (Å²) in [6.45, 7) is 0. The van der Waals surface area contributed by atoms with Crippen LogP contribution in [0.15, 0.2) is 50.7 Å². The number of nitrogens with one attached hydrogen (secondary N) is 1. The Morgan fingerprint density at radius 2 is 2.12 bits per heavy atom. The number of hydrogen-bond donors (Lipinski definition) is 1. The van der Waals surface area contributed by atoms with Crippen LogP contribution in [0.4, 0.5) is 8.78 Å². The van der Waals surface area contributed by atoms with E-state index in [-0.39, 0.29) is 16.1 Å². The summed E-state index contributed by atoms with van der Waals surface area (Å²) in [4.78, 5) is 15.3. The number of para-hydroxylation sites is 1. The number of thioether (sulfide) groups is 1. The topological polar surface area (TPSA) is 63.3 Å². The lowest BCUT2D eigenvalue weighted by atomic mass is 10.2. The third kappa shape index (κ3) is 3.62. The Morgan fingerprint density at radius 3 is 2.92 bits per heavy atom. The number of furan rings is 1. The van der Waals surface area contributed by atoms with Crippen LogP contribution >= 0.6 is 24.0 Å². The van der Waals surface area contributed by atoms with Gasteiger partial charge in [-0.05, 0) is 36.5 Å². The minimum atomic E-state index is -2.46. The molecule has 24 heavy (non-hydrogen) atoms. The summed E-state index contributed by atoms with van der Waals surface area (Å²) in [6, 6.07) is 10.1. The Hall–Kier alpha value is -2.26. The molecule has 9 heteroatoms. The summed E-state index contributed by atoms with van der Waals surface area (Å²) in [5.74, 6) is -1.66. The van der Waals surface area contributed by atoms with Gasteiger partial charge in [0, 0.05) is 0 Å². The first-order valence-corrected chi connectivity index (χ1v) is 8.27. The molecule has 1 aromatic carbocycles. The predicted octanol–water partition coefficient (Wildman–Crippen LogP) is 3.99. The molecule has 0 aliphatic heterocycles. The molecule has 3 rings (SSSR count). The zero-order valence-electron chi connectivity index (χ0n) is 12.1. The highest BCUT2D eigenvalue weighted by molar-refractivity contribution is 7.98. The van der Waals surface area contributed by atoms with Crippen LogP contribution in [0.5, 0.6) is 0 Å². The fourth-order valence-electron chi connectivity index (χ4n) is 2.06. The van der Waals surface area contributed by atoms with Gasteiger partial charge in [0.1, 0.15) is 11.5 Å². The minimum absolute atomic E-state index is 0.0570. The summed E-state index contributed by atoms with van der Waals surface area (Å²) in [6.07, 6.45) is 1.32. The fourth-order valence-corrected chi connectivity index (χ4v) is 2.74. The molecule has 5 nitrogen and oxygen atoms in total. The van der Waals surface area contributed by atoms with E-state index in [1.165, 1.54) is 6.21 Å². The largest absolute Gasteiger partial charge is 0.459 e. The average Bonchev–Trinajstić information content (AvgIpc) is 3.00. The van der Waals surface area contributed by atoms with Crippen molar-refractivity contribution in [1.29, 1.82) is 0 Å². The molecule has 0 fully saturated rings.